The van der Waals surface area contributed by atoms with Gasteiger partial charge in [-0.05, 0) is 36.4 Å². The predicted molar refractivity (Wildman–Crippen MR) is 68.3 cm³/mol. The Morgan fingerprint density at radius 3 is 2.53 bits per heavy atom. The van der Waals surface area contributed by atoms with E-state index in [1.807, 2.05) is 0 Å². The molecule has 3 nitrogen and oxygen atoms in total. The topological polar surface area (TPSA) is 63.3 Å². The molecule has 6 heteroatoms. The quantitative estimate of drug-likeness (QED) is 0.846. The number of halogens is 2. The fourth-order valence-corrected chi connectivity index (χ4v) is 2.38. The van der Waals surface area contributed by atoms with Gasteiger partial charge in [0.05, 0.1) is 10.5 Å². The molecule has 2 aromatic rings. The summed E-state index contributed by atoms with van der Waals surface area (Å²) >= 11 is 0.883. The molecule has 0 spiro atoms. The molecule has 0 saturated heterocycles. The number of benzene rings is 2. The molecule has 3 N–H and O–H groups in total. The molecule has 0 aromatic heterocycles. The van der Waals surface area contributed by atoms with Gasteiger partial charge in [-0.1, -0.05) is 11.8 Å². The number of anilines is 1. The summed E-state index contributed by atoms with van der Waals surface area (Å²) in [6.45, 7) is 0. The Bertz CT molecular complexity index is 647. The van der Waals surface area contributed by atoms with Crippen molar-refractivity contribution in [3.05, 3.63) is 53.6 Å². The van der Waals surface area contributed by atoms with E-state index in [1.165, 1.54) is 18.2 Å². The highest BCUT2D eigenvalue weighted by atomic mass is 32.2. The van der Waals surface area contributed by atoms with E-state index < -0.39 is 17.6 Å². The second-order valence-electron chi connectivity index (χ2n) is 3.73. The number of carboxylic acids is 1. The molecule has 0 aliphatic rings. The summed E-state index contributed by atoms with van der Waals surface area (Å²) in [7, 11) is 0. The van der Waals surface area contributed by atoms with E-state index in [4.69, 9.17) is 10.8 Å². The molecular formula is C13H9F2NO2S. The lowest BCUT2D eigenvalue weighted by Crippen LogP contribution is -1.98. The summed E-state index contributed by atoms with van der Waals surface area (Å²) in [6.07, 6.45) is 0. The van der Waals surface area contributed by atoms with Gasteiger partial charge in [0.25, 0.3) is 0 Å². The number of hydrogen-bond acceptors (Lipinski definition) is 3. The van der Waals surface area contributed by atoms with Crippen LogP contribution in [0.3, 0.4) is 0 Å². The molecule has 0 bridgehead atoms. The van der Waals surface area contributed by atoms with Crippen LogP contribution in [0.1, 0.15) is 10.4 Å². The van der Waals surface area contributed by atoms with Crippen LogP contribution in [0.15, 0.2) is 46.2 Å². The van der Waals surface area contributed by atoms with E-state index in [-0.39, 0.29) is 10.5 Å². The molecule has 0 amide bonds. The average Bonchev–Trinajstić information content (AvgIpc) is 2.36. The van der Waals surface area contributed by atoms with E-state index in [1.54, 1.807) is 0 Å². The summed E-state index contributed by atoms with van der Waals surface area (Å²) in [6, 6.07) is 7.15. The van der Waals surface area contributed by atoms with Crippen LogP contribution in [-0.2, 0) is 0 Å². The number of carboxylic acid groups (broad SMARTS) is 1. The van der Waals surface area contributed by atoms with Crippen molar-refractivity contribution in [2.24, 2.45) is 0 Å². The molecular weight excluding hydrogens is 272 g/mol. The smallest absolute Gasteiger partial charge is 0.335 e. The normalized spacial score (nSPS) is 10.4. The molecule has 0 heterocycles. The third-order valence-electron chi connectivity index (χ3n) is 2.37. The van der Waals surface area contributed by atoms with Gasteiger partial charge in [0.2, 0.25) is 0 Å². The van der Waals surface area contributed by atoms with Crippen molar-refractivity contribution in [2.45, 2.75) is 9.79 Å². The number of rotatable bonds is 3. The zero-order valence-electron chi connectivity index (χ0n) is 9.56. The molecule has 0 atom stereocenters. The average molecular weight is 281 g/mol. The molecule has 2 aromatic carbocycles. The van der Waals surface area contributed by atoms with Crippen LogP contribution in [0.5, 0.6) is 0 Å². The van der Waals surface area contributed by atoms with Crippen LogP contribution >= 0.6 is 11.8 Å². The Kier molecular flexibility index (Phi) is 3.71. The number of hydrogen-bond donors (Lipinski definition) is 2. The highest BCUT2D eigenvalue weighted by Crippen LogP contribution is 2.34. The second-order valence-corrected chi connectivity index (χ2v) is 4.82. The first kappa shape index (κ1) is 13.4. The zero-order valence-corrected chi connectivity index (χ0v) is 10.4. The highest BCUT2D eigenvalue weighted by Gasteiger charge is 2.11. The molecule has 19 heavy (non-hydrogen) atoms. The van der Waals surface area contributed by atoms with Crippen molar-refractivity contribution < 1.29 is 18.7 Å². The minimum absolute atomic E-state index is 0.0357. The van der Waals surface area contributed by atoms with Crippen LogP contribution in [0.25, 0.3) is 0 Å². The van der Waals surface area contributed by atoms with Gasteiger partial charge in [0.1, 0.15) is 11.6 Å². The van der Waals surface area contributed by atoms with Crippen molar-refractivity contribution >= 4 is 23.4 Å². The van der Waals surface area contributed by atoms with E-state index >= 15 is 0 Å². The number of nitrogens with two attached hydrogens (primary N) is 1. The Labute approximate surface area is 112 Å². The Morgan fingerprint density at radius 2 is 1.84 bits per heavy atom. The molecule has 0 aliphatic carbocycles. The van der Waals surface area contributed by atoms with E-state index in [0.29, 0.717) is 10.6 Å². The van der Waals surface area contributed by atoms with Gasteiger partial charge in [-0.15, -0.1) is 0 Å². The summed E-state index contributed by atoms with van der Waals surface area (Å²) in [5.74, 6) is -2.27. The molecule has 0 aliphatic heterocycles. The summed E-state index contributed by atoms with van der Waals surface area (Å²) < 4.78 is 26.6. The molecule has 0 unspecified atom stereocenters. The van der Waals surface area contributed by atoms with Crippen molar-refractivity contribution in [2.75, 3.05) is 5.73 Å². The lowest BCUT2D eigenvalue weighted by atomic mass is 10.2. The molecule has 0 radical (unpaired) electrons. The third-order valence-corrected chi connectivity index (χ3v) is 3.48. The van der Waals surface area contributed by atoms with Crippen molar-refractivity contribution in [1.82, 2.24) is 0 Å². The lowest BCUT2D eigenvalue weighted by molar-refractivity contribution is 0.0696. The molecule has 98 valence electrons. The minimum atomic E-state index is -1.11. The molecule has 0 saturated carbocycles. The van der Waals surface area contributed by atoms with Gasteiger partial charge < -0.3 is 10.8 Å². The predicted octanol–water partition coefficient (Wildman–Crippen LogP) is 3.40. The van der Waals surface area contributed by atoms with Crippen molar-refractivity contribution in [3.63, 3.8) is 0 Å². The Morgan fingerprint density at radius 1 is 1.11 bits per heavy atom. The highest BCUT2D eigenvalue weighted by molar-refractivity contribution is 7.99. The van der Waals surface area contributed by atoms with Crippen LogP contribution in [-0.4, -0.2) is 11.1 Å². The number of aromatic carboxylic acids is 1. The first-order chi connectivity index (χ1) is 8.97. The SMILES string of the molecule is Nc1ccc(C(=O)O)cc1Sc1cc(F)ccc1F. The van der Waals surface area contributed by atoms with Crippen molar-refractivity contribution in [1.29, 1.82) is 0 Å². The van der Waals surface area contributed by atoms with Gasteiger partial charge in [-0.2, -0.15) is 0 Å². The largest absolute Gasteiger partial charge is 0.478 e. The standard InChI is InChI=1S/C13H9F2NO2S/c14-8-2-3-9(15)11(6-8)19-12-5-7(13(17)18)1-4-10(12)16/h1-6H,16H2,(H,17,18). The van der Waals surface area contributed by atoms with Crippen LogP contribution in [0, 0.1) is 11.6 Å². The lowest BCUT2D eigenvalue weighted by Gasteiger charge is -2.07. The second kappa shape index (κ2) is 5.27. The van der Waals surface area contributed by atoms with E-state index in [9.17, 15) is 13.6 Å². The maximum Gasteiger partial charge on any atom is 0.335 e. The number of nitrogen functional groups attached to an aromatic ring is 1. The third kappa shape index (κ3) is 3.03. The van der Waals surface area contributed by atoms with Gasteiger partial charge >= 0.3 is 5.97 Å². The summed E-state index contributed by atoms with van der Waals surface area (Å²) in [4.78, 5) is 11.3. The van der Waals surface area contributed by atoms with Gasteiger partial charge in [0.15, 0.2) is 0 Å². The van der Waals surface area contributed by atoms with Crippen LogP contribution in [0.4, 0.5) is 14.5 Å². The first-order valence-electron chi connectivity index (χ1n) is 5.23. The fourth-order valence-electron chi connectivity index (χ4n) is 1.43. The zero-order chi connectivity index (χ0) is 14.0. The maximum atomic E-state index is 13.5. The summed E-state index contributed by atoms with van der Waals surface area (Å²) in [5.41, 5.74) is 6.04. The monoisotopic (exact) mass is 281 g/mol. The van der Waals surface area contributed by atoms with E-state index in [2.05, 4.69) is 0 Å². The molecule has 2 rings (SSSR count). The Balaban J connectivity index is 2.40. The van der Waals surface area contributed by atoms with Crippen molar-refractivity contribution in [3.8, 4) is 0 Å². The fraction of sp³-hybridized carbons (Fsp3) is 0. The Hall–Kier alpha value is -2.08. The van der Waals surface area contributed by atoms with Gasteiger partial charge in [0, 0.05) is 10.6 Å². The van der Waals surface area contributed by atoms with Crippen LogP contribution < -0.4 is 5.73 Å². The molecule has 0 fully saturated rings. The van der Waals surface area contributed by atoms with Gasteiger partial charge in [-0.25, -0.2) is 13.6 Å². The van der Waals surface area contributed by atoms with E-state index in [0.717, 1.165) is 30.0 Å². The first-order valence-corrected chi connectivity index (χ1v) is 6.05. The van der Waals surface area contributed by atoms with Crippen LogP contribution in [0.2, 0.25) is 0 Å². The maximum absolute atomic E-state index is 13.5. The summed E-state index contributed by atoms with van der Waals surface area (Å²) in [5, 5.41) is 8.88. The van der Waals surface area contributed by atoms with Gasteiger partial charge in [-0.3, -0.25) is 0 Å². The minimum Gasteiger partial charge on any atom is -0.478 e. The number of carbonyl (C=O) groups is 1.